The Morgan fingerprint density at radius 3 is 2.81 bits per heavy atom. The second-order valence-corrected chi connectivity index (χ2v) is 5.91. The second-order valence-electron chi connectivity index (χ2n) is 5.50. The third kappa shape index (κ3) is 4.04. The summed E-state index contributed by atoms with van der Waals surface area (Å²) in [5, 5.41) is 17.7. The fourth-order valence-corrected chi connectivity index (χ4v) is 2.92. The van der Waals surface area contributed by atoms with Gasteiger partial charge in [-0.3, -0.25) is 10.1 Å². The molecule has 114 valence electrons. The van der Waals surface area contributed by atoms with E-state index in [2.05, 4.69) is 17.6 Å². The fourth-order valence-electron chi connectivity index (χ4n) is 2.65. The van der Waals surface area contributed by atoms with Crippen LogP contribution in [0.25, 0.3) is 0 Å². The van der Waals surface area contributed by atoms with Crippen molar-refractivity contribution in [2.24, 2.45) is 5.92 Å². The number of nitro benzene ring substituents is 1. The maximum Gasteiger partial charge on any atom is 0.294 e. The third-order valence-corrected chi connectivity index (χ3v) is 4.13. The van der Waals surface area contributed by atoms with Crippen molar-refractivity contribution >= 4 is 34.4 Å². The molecule has 0 spiro atoms. The van der Waals surface area contributed by atoms with E-state index in [-0.39, 0.29) is 11.4 Å². The van der Waals surface area contributed by atoms with Crippen molar-refractivity contribution in [2.75, 3.05) is 11.1 Å². The lowest BCUT2D eigenvalue weighted by Gasteiger charge is -2.30. The van der Waals surface area contributed by atoms with Crippen LogP contribution in [0.4, 0.5) is 17.1 Å². The molecule has 0 bridgehead atoms. The highest BCUT2D eigenvalue weighted by atomic mass is 32.1. The number of nitrogen functional groups attached to an aromatic ring is 1. The molecule has 0 aliphatic heterocycles. The van der Waals surface area contributed by atoms with Crippen molar-refractivity contribution < 1.29 is 4.92 Å². The van der Waals surface area contributed by atoms with Crippen molar-refractivity contribution in [3.63, 3.8) is 0 Å². The van der Waals surface area contributed by atoms with E-state index in [0.29, 0.717) is 22.8 Å². The average Bonchev–Trinajstić information content (AvgIpc) is 2.43. The van der Waals surface area contributed by atoms with Gasteiger partial charge in [0.15, 0.2) is 5.11 Å². The highest BCUT2D eigenvalue weighted by molar-refractivity contribution is 7.80. The van der Waals surface area contributed by atoms with Gasteiger partial charge in [0.25, 0.3) is 5.69 Å². The number of nitrogens with one attached hydrogen (secondary N) is 2. The summed E-state index contributed by atoms with van der Waals surface area (Å²) < 4.78 is 0. The molecule has 1 saturated carbocycles. The monoisotopic (exact) mass is 308 g/mol. The summed E-state index contributed by atoms with van der Waals surface area (Å²) in [7, 11) is 0. The molecule has 0 amide bonds. The van der Waals surface area contributed by atoms with E-state index in [1.165, 1.54) is 31.4 Å². The van der Waals surface area contributed by atoms with E-state index in [4.69, 9.17) is 18.0 Å². The van der Waals surface area contributed by atoms with Crippen molar-refractivity contribution in [3.05, 3.63) is 28.3 Å². The lowest BCUT2D eigenvalue weighted by molar-refractivity contribution is -0.383. The minimum Gasteiger partial charge on any atom is -0.393 e. The Morgan fingerprint density at radius 1 is 1.43 bits per heavy atom. The van der Waals surface area contributed by atoms with Gasteiger partial charge < -0.3 is 16.4 Å². The maximum absolute atomic E-state index is 10.9. The summed E-state index contributed by atoms with van der Waals surface area (Å²) in [5.74, 6) is 0.583. The zero-order valence-electron chi connectivity index (χ0n) is 12.0. The number of nitrogens with zero attached hydrogens (tertiary/aromatic N) is 1. The smallest absolute Gasteiger partial charge is 0.294 e. The van der Waals surface area contributed by atoms with Crippen LogP contribution in [0.3, 0.4) is 0 Å². The molecule has 1 aliphatic rings. The van der Waals surface area contributed by atoms with Gasteiger partial charge in [-0.25, -0.2) is 0 Å². The van der Waals surface area contributed by atoms with Crippen LogP contribution in [0.1, 0.15) is 32.6 Å². The molecule has 1 aromatic carbocycles. The number of hydrogen-bond acceptors (Lipinski definition) is 4. The summed E-state index contributed by atoms with van der Waals surface area (Å²) in [5.41, 5.74) is 6.16. The topological polar surface area (TPSA) is 93.2 Å². The molecule has 4 N–H and O–H groups in total. The Kier molecular flexibility index (Phi) is 4.95. The molecule has 0 unspecified atom stereocenters. The Labute approximate surface area is 129 Å². The molecular weight excluding hydrogens is 288 g/mol. The van der Waals surface area contributed by atoms with Crippen LogP contribution in [-0.4, -0.2) is 16.1 Å². The van der Waals surface area contributed by atoms with Gasteiger partial charge in [0.05, 0.1) is 4.92 Å². The Hall–Kier alpha value is -1.89. The molecule has 1 fully saturated rings. The molecule has 2 rings (SSSR count). The molecule has 1 aliphatic carbocycles. The van der Waals surface area contributed by atoms with Crippen molar-refractivity contribution in [2.45, 2.75) is 38.6 Å². The molecule has 7 heteroatoms. The minimum atomic E-state index is -0.500. The zero-order chi connectivity index (χ0) is 15.4. The van der Waals surface area contributed by atoms with E-state index >= 15 is 0 Å². The van der Waals surface area contributed by atoms with Gasteiger partial charge in [0, 0.05) is 17.8 Å². The van der Waals surface area contributed by atoms with Crippen LogP contribution < -0.4 is 16.4 Å². The van der Waals surface area contributed by atoms with Gasteiger partial charge in [-0.2, -0.15) is 0 Å². The van der Waals surface area contributed by atoms with Crippen LogP contribution in [0.5, 0.6) is 0 Å². The Balaban J connectivity index is 1.99. The maximum atomic E-state index is 10.9. The molecule has 1 aromatic rings. The van der Waals surface area contributed by atoms with Crippen molar-refractivity contribution in [3.8, 4) is 0 Å². The fraction of sp³-hybridized carbons (Fsp3) is 0.500. The van der Waals surface area contributed by atoms with Crippen LogP contribution >= 0.6 is 12.2 Å². The van der Waals surface area contributed by atoms with Crippen LogP contribution in [0, 0.1) is 16.0 Å². The normalized spacial score (nSPS) is 21.6. The van der Waals surface area contributed by atoms with E-state index < -0.39 is 4.92 Å². The van der Waals surface area contributed by atoms with Crippen molar-refractivity contribution in [1.29, 1.82) is 0 Å². The number of thiocarbonyl (C=S) groups is 1. The zero-order valence-corrected chi connectivity index (χ0v) is 12.8. The quantitative estimate of drug-likeness (QED) is 0.344. The third-order valence-electron chi connectivity index (χ3n) is 3.91. The summed E-state index contributed by atoms with van der Waals surface area (Å²) in [4.78, 5) is 10.4. The molecule has 0 aromatic heterocycles. The van der Waals surface area contributed by atoms with Gasteiger partial charge in [0.1, 0.15) is 5.69 Å². The first-order valence-electron chi connectivity index (χ1n) is 7.09. The molecule has 0 heterocycles. The van der Waals surface area contributed by atoms with Crippen molar-refractivity contribution in [1.82, 2.24) is 5.32 Å². The highest BCUT2D eigenvalue weighted by Crippen LogP contribution is 2.26. The molecule has 21 heavy (non-hydrogen) atoms. The molecule has 0 radical (unpaired) electrons. The average molecular weight is 308 g/mol. The van der Waals surface area contributed by atoms with Gasteiger partial charge in [-0.15, -0.1) is 0 Å². The molecule has 6 nitrogen and oxygen atoms in total. The number of benzene rings is 1. The first kappa shape index (κ1) is 15.5. The molecule has 2 atom stereocenters. The van der Waals surface area contributed by atoms with Crippen LogP contribution in [-0.2, 0) is 0 Å². The highest BCUT2D eigenvalue weighted by Gasteiger charge is 2.21. The predicted molar refractivity (Wildman–Crippen MR) is 88.3 cm³/mol. The predicted octanol–water partition coefficient (Wildman–Crippen LogP) is 3.04. The number of hydrogen-bond donors (Lipinski definition) is 3. The van der Waals surface area contributed by atoms with Gasteiger partial charge in [-0.05, 0) is 43.1 Å². The Morgan fingerprint density at radius 2 is 2.14 bits per heavy atom. The second kappa shape index (κ2) is 6.71. The lowest BCUT2D eigenvalue weighted by Crippen LogP contribution is -2.43. The number of nitrogens with two attached hydrogens (primary N) is 1. The largest absolute Gasteiger partial charge is 0.393 e. The SMILES string of the molecule is C[C@H]1CCCC[C@H]1NC(=S)Nc1ccc(N)c([N+](=O)[O-])c1. The molecule has 0 saturated heterocycles. The number of rotatable bonds is 3. The van der Waals surface area contributed by atoms with E-state index in [1.54, 1.807) is 6.07 Å². The van der Waals surface area contributed by atoms with Crippen LogP contribution in [0.2, 0.25) is 0 Å². The summed E-state index contributed by atoms with van der Waals surface area (Å²) in [6.45, 7) is 2.22. The van der Waals surface area contributed by atoms with Crippen LogP contribution in [0.15, 0.2) is 18.2 Å². The number of anilines is 2. The Bertz CT molecular complexity index is 550. The first-order chi connectivity index (χ1) is 9.97. The van der Waals surface area contributed by atoms with Gasteiger partial charge in [0.2, 0.25) is 0 Å². The first-order valence-corrected chi connectivity index (χ1v) is 7.49. The summed E-state index contributed by atoms with van der Waals surface area (Å²) >= 11 is 5.29. The summed E-state index contributed by atoms with van der Waals surface area (Å²) in [6, 6.07) is 4.95. The molecular formula is C14H20N4O2S. The lowest BCUT2D eigenvalue weighted by atomic mass is 9.86. The van der Waals surface area contributed by atoms with E-state index in [9.17, 15) is 10.1 Å². The van der Waals surface area contributed by atoms with Gasteiger partial charge in [-0.1, -0.05) is 19.8 Å². The summed E-state index contributed by atoms with van der Waals surface area (Å²) in [6.07, 6.45) is 4.78. The minimum absolute atomic E-state index is 0.117. The van der Waals surface area contributed by atoms with E-state index in [1.807, 2.05) is 0 Å². The van der Waals surface area contributed by atoms with Gasteiger partial charge >= 0.3 is 0 Å². The standard InChI is InChI=1S/C14H20N4O2S/c1-9-4-2-3-5-12(9)17-14(21)16-10-6-7-11(15)13(8-10)18(19)20/h6-9,12H,2-5,15H2,1H3,(H2,16,17,21)/t9-,12+/m0/s1. The van der Waals surface area contributed by atoms with E-state index in [0.717, 1.165) is 6.42 Å². The number of nitro groups is 1.